The highest BCUT2D eigenvalue weighted by Gasteiger charge is 2.76. The number of para-hydroxylation sites is 1. The van der Waals surface area contributed by atoms with Gasteiger partial charge in [-0.25, -0.2) is 0 Å². The number of hydrogen-bond donors (Lipinski definition) is 1. The molecule has 6 atom stereocenters. The topological polar surface area (TPSA) is 96.4 Å². The Labute approximate surface area is 256 Å². The number of ether oxygens (including phenoxy) is 2. The van der Waals surface area contributed by atoms with Gasteiger partial charge in [-0.2, -0.15) is 0 Å². The van der Waals surface area contributed by atoms with E-state index in [1.807, 2.05) is 55.5 Å². The van der Waals surface area contributed by atoms with Crippen molar-refractivity contribution in [2.75, 3.05) is 24.7 Å². The Balaban J connectivity index is 1.52. The summed E-state index contributed by atoms with van der Waals surface area (Å²) in [5.74, 6) is -3.27. The van der Waals surface area contributed by atoms with Crippen LogP contribution in [-0.4, -0.2) is 70.8 Å². The molecule has 0 bridgehead atoms. The zero-order valence-corrected chi connectivity index (χ0v) is 25.0. The smallest absolute Gasteiger partial charge is 0.313 e. The lowest BCUT2D eigenvalue weighted by Gasteiger charge is -2.41. The Kier molecular flexibility index (Phi) is 8.20. The number of benzene rings is 2. The van der Waals surface area contributed by atoms with E-state index >= 15 is 0 Å². The van der Waals surface area contributed by atoms with Crippen LogP contribution in [0, 0.1) is 11.8 Å². The van der Waals surface area contributed by atoms with Crippen LogP contribution < -0.4 is 4.90 Å². The fraction of sp³-hybridized carbons (Fsp3) is 0.441. The minimum atomic E-state index is -1.47. The number of allylic oxidation sites excluding steroid dienone is 1. The van der Waals surface area contributed by atoms with E-state index in [1.165, 1.54) is 4.90 Å². The number of halogens is 1. The first kappa shape index (κ1) is 29.6. The van der Waals surface area contributed by atoms with E-state index in [-0.39, 0.29) is 25.7 Å². The highest BCUT2D eigenvalue weighted by Crippen LogP contribution is 2.58. The molecular weight excluding hydrogens is 568 g/mol. The monoisotopic (exact) mass is 604 g/mol. The lowest BCUT2D eigenvalue weighted by molar-refractivity contribution is -0.161. The van der Waals surface area contributed by atoms with Crippen LogP contribution in [0.2, 0.25) is 5.02 Å². The molecule has 6 rings (SSSR count). The van der Waals surface area contributed by atoms with Gasteiger partial charge in [0.15, 0.2) is 0 Å². The fourth-order valence-electron chi connectivity index (χ4n) is 7.39. The van der Waals surface area contributed by atoms with Gasteiger partial charge in [0.05, 0.1) is 35.9 Å². The number of amides is 2. The summed E-state index contributed by atoms with van der Waals surface area (Å²) >= 11 is 6.58. The summed E-state index contributed by atoms with van der Waals surface area (Å²) in [7, 11) is 0. The van der Waals surface area contributed by atoms with Gasteiger partial charge in [-0.3, -0.25) is 14.4 Å². The highest BCUT2D eigenvalue weighted by atomic mass is 35.5. The molecular formula is C34H37ClN2O6. The second-order valence-electron chi connectivity index (χ2n) is 11.8. The van der Waals surface area contributed by atoms with Gasteiger partial charge >= 0.3 is 5.97 Å². The van der Waals surface area contributed by atoms with Crippen molar-refractivity contribution in [3.05, 3.63) is 89.5 Å². The largest absolute Gasteiger partial charge is 0.465 e. The lowest BCUT2D eigenvalue weighted by atomic mass is 9.73. The average Bonchev–Trinajstić information content (AvgIpc) is 3.38. The second-order valence-corrected chi connectivity index (χ2v) is 12.2. The molecule has 1 N–H and O–H groups in total. The predicted octanol–water partition coefficient (Wildman–Crippen LogP) is 4.49. The summed E-state index contributed by atoms with van der Waals surface area (Å²) in [4.78, 5) is 46.5. The lowest BCUT2D eigenvalue weighted by Crippen LogP contribution is -2.59. The maximum Gasteiger partial charge on any atom is 0.313 e. The summed E-state index contributed by atoms with van der Waals surface area (Å²) in [6.45, 7) is 2.00. The Morgan fingerprint density at radius 3 is 2.49 bits per heavy atom. The molecule has 9 heteroatoms. The van der Waals surface area contributed by atoms with Crippen molar-refractivity contribution in [3.63, 3.8) is 0 Å². The van der Waals surface area contributed by atoms with Crippen molar-refractivity contribution in [3.8, 4) is 0 Å². The van der Waals surface area contributed by atoms with E-state index in [0.717, 1.165) is 24.8 Å². The van der Waals surface area contributed by atoms with Crippen LogP contribution >= 0.6 is 11.6 Å². The molecule has 4 aliphatic heterocycles. The average molecular weight is 605 g/mol. The van der Waals surface area contributed by atoms with E-state index < -0.39 is 47.0 Å². The number of carbonyl (C=O) groups is 3. The normalized spacial score (nSPS) is 32.0. The maximum atomic E-state index is 14.8. The third-order valence-electron chi connectivity index (χ3n) is 9.38. The van der Waals surface area contributed by atoms with Gasteiger partial charge in [0.2, 0.25) is 5.91 Å². The molecule has 2 saturated heterocycles. The van der Waals surface area contributed by atoms with Crippen LogP contribution in [0.15, 0.2) is 78.9 Å². The number of aliphatic hydroxyl groups excluding tert-OH is 1. The number of rotatable bonds is 6. The van der Waals surface area contributed by atoms with Crippen LogP contribution in [0.3, 0.4) is 0 Å². The van der Waals surface area contributed by atoms with Crippen molar-refractivity contribution < 1.29 is 29.0 Å². The molecule has 226 valence electrons. The van der Waals surface area contributed by atoms with E-state index in [2.05, 4.69) is 0 Å². The quantitative estimate of drug-likeness (QED) is 0.386. The van der Waals surface area contributed by atoms with Gasteiger partial charge in [-0.1, -0.05) is 85.3 Å². The molecule has 4 aliphatic rings. The molecule has 0 aromatic heterocycles. The Morgan fingerprint density at radius 2 is 1.74 bits per heavy atom. The van der Waals surface area contributed by atoms with Gasteiger partial charge in [0.1, 0.15) is 23.2 Å². The molecule has 0 radical (unpaired) electrons. The van der Waals surface area contributed by atoms with Crippen LogP contribution in [0.25, 0.3) is 0 Å². The number of cyclic esters (lactones) is 1. The van der Waals surface area contributed by atoms with E-state index in [1.54, 1.807) is 35.2 Å². The van der Waals surface area contributed by atoms with Crippen LogP contribution in [-0.2, 0) is 30.3 Å². The summed E-state index contributed by atoms with van der Waals surface area (Å²) < 4.78 is 12.8. The fourth-order valence-corrected chi connectivity index (χ4v) is 7.63. The molecule has 2 aromatic rings. The van der Waals surface area contributed by atoms with E-state index in [9.17, 15) is 19.5 Å². The minimum absolute atomic E-state index is 0.200. The first-order valence-electron chi connectivity index (χ1n) is 15.1. The van der Waals surface area contributed by atoms with E-state index in [0.29, 0.717) is 23.6 Å². The molecule has 1 spiro atoms. The first-order chi connectivity index (χ1) is 20.9. The summed E-state index contributed by atoms with van der Waals surface area (Å²) in [5.41, 5.74) is -1.19. The number of aliphatic hydroxyl groups is 1. The Bertz CT molecular complexity index is 1450. The van der Waals surface area contributed by atoms with E-state index in [4.69, 9.17) is 21.1 Å². The van der Waals surface area contributed by atoms with Crippen LogP contribution in [0.1, 0.15) is 38.2 Å². The third-order valence-corrected chi connectivity index (χ3v) is 9.70. The molecule has 4 heterocycles. The highest BCUT2D eigenvalue weighted by molar-refractivity contribution is 6.34. The van der Waals surface area contributed by atoms with Crippen molar-refractivity contribution in [1.29, 1.82) is 0 Å². The molecule has 8 nitrogen and oxygen atoms in total. The SMILES string of the molecule is CC[C@]12/C=C\CCCCOC(=O)[C@H]1[C@H]1C(=O)N([C@@H](CO)Cc3ccccc3)C3C(=O)N(c4ccccc4Cl)CC=C[C@@]31O2. The third kappa shape index (κ3) is 4.89. The number of hydrogen-bond acceptors (Lipinski definition) is 6. The molecule has 43 heavy (non-hydrogen) atoms. The first-order valence-corrected chi connectivity index (χ1v) is 15.5. The Morgan fingerprint density at radius 1 is 0.977 bits per heavy atom. The number of anilines is 1. The summed E-state index contributed by atoms with van der Waals surface area (Å²) in [5, 5.41) is 11.1. The van der Waals surface area contributed by atoms with Gasteiger partial charge in [-0.05, 0) is 49.8 Å². The van der Waals surface area contributed by atoms with Crippen molar-refractivity contribution in [2.24, 2.45) is 11.8 Å². The molecule has 2 aromatic carbocycles. The zero-order valence-electron chi connectivity index (χ0n) is 24.2. The second kappa shape index (κ2) is 11.9. The van der Waals surface area contributed by atoms with Gasteiger partial charge in [0, 0.05) is 6.54 Å². The van der Waals surface area contributed by atoms with Crippen molar-refractivity contribution in [1.82, 2.24) is 4.90 Å². The van der Waals surface area contributed by atoms with Crippen LogP contribution in [0.4, 0.5) is 5.69 Å². The van der Waals surface area contributed by atoms with Gasteiger partial charge in [-0.15, -0.1) is 0 Å². The number of fused-ring (bicyclic) bond motifs is 2. The summed E-state index contributed by atoms with van der Waals surface area (Å²) in [6, 6.07) is 14.7. The molecule has 0 saturated carbocycles. The van der Waals surface area contributed by atoms with Crippen LogP contribution in [0.5, 0.6) is 0 Å². The van der Waals surface area contributed by atoms with Gasteiger partial charge < -0.3 is 24.4 Å². The predicted molar refractivity (Wildman–Crippen MR) is 162 cm³/mol. The molecule has 1 unspecified atom stereocenters. The number of likely N-dealkylation sites (tertiary alicyclic amines) is 1. The zero-order chi connectivity index (χ0) is 30.2. The number of nitrogens with zero attached hydrogens (tertiary/aromatic N) is 2. The summed E-state index contributed by atoms with van der Waals surface area (Å²) in [6.07, 6.45) is 10.7. The Hall–Kier alpha value is -3.46. The minimum Gasteiger partial charge on any atom is -0.465 e. The van der Waals surface area contributed by atoms with Crippen molar-refractivity contribution in [2.45, 2.75) is 62.3 Å². The molecule has 0 aliphatic carbocycles. The number of esters is 1. The molecule has 2 fully saturated rings. The van der Waals surface area contributed by atoms with Gasteiger partial charge in [0.25, 0.3) is 5.91 Å². The maximum absolute atomic E-state index is 14.8. The van der Waals surface area contributed by atoms with Crippen molar-refractivity contribution >= 4 is 35.1 Å². The molecule has 2 amide bonds. The standard InChI is InChI=1S/C34H37ClN2O6/c1-2-33-17-10-3-4-11-20-42-32(41)28(33)27-30(39)37(24(22-38)21-23-13-6-5-7-14-23)29-31(40)36(19-12-18-34(27,29)43-33)26-16-9-8-15-25(26)35/h5-10,12-18,24,27-29,38H,2-4,11,19-22H2,1H3/b17-10-/t24-,27+,28-,29?,33+,34+/m1/s1. The number of carbonyl (C=O) groups excluding carboxylic acids is 3.